The molecule has 20 heavy (non-hydrogen) atoms. The van der Waals surface area contributed by atoms with Crippen LogP contribution in [0.5, 0.6) is 0 Å². The first-order valence-corrected chi connectivity index (χ1v) is 7.83. The summed E-state index contributed by atoms with van der Waals surface area (Å²) in [6.45, 7) is 8.01. The van der Waals surface area contributed by atoms with Crippen molar-refractivity contribution >= 4 is 17.5 Å². The SMILES string of the molecule is CNC(=O)[C@@H](C)CCCC/C(=C\Cl)C[C@H](O)C(C)(C)C. The highest BCUT2D eigenvalue weighted by Crippen LogP contribution is 2.27. The number of halogens is 1. The number of hydrogen-bond donors (Lipinski definition) is 2. The van der Waals surface area contributed by atoms with Crippen molar-refractivity contribution in [3.05, 3.63) is 11.1 Å². The predicted octanol–water partition coefficient (Wildman–Crippen LogP) is 3.85. The highest BCUT2D eigenvalue weighted by atomic mass is 35.5. The average molecular weight is 304 g/mol. The van der Waals surface area contributed by atoms with Crippen LogP contribution in [-0.2, 0) is 4.79 Å². The van der Waals surface area contributed by atoms with Crippen LogP contribution in [0, 0.1) is 11.3 Å². The lowest BCUT2D eigenvalue weighted by molar-refractivity contribution is -0.124. The maximum absolute atomic E-state index is 11.4. The second-order valence-corrected chi connectivity index (χ2v) is 6.83. The Morgan fingerprint density at radius 1 is 1.35 bits per heavy atom. The maximum Gasteiger partial charge on any atom is 0.222 e. The normalized spacial score (nSPS) is 15.8. The molecule has 0 fully saturated rings. The highest BCUT2D eigenvalue weighted by molar-refractivity contribution is 6.25. The Morgan fingerprint density at radius 3 is 2.40 bits per heavy atom. The van der Waals surface area contributed by atoms with E-state index in [1.807, 2.05) is 27.7 Å². The Balaban J connectivity index is 4.02. The summed E-state index contributed by atoms with van der Waals surface area (Å²) in [4.78, 5) is 11.4. The lowest BCUT2D eigenvalue weighted by atomic mass is 9.84. The molecule has 0 heterocycles. The zero-order valence-electron chi connectivity index (χ0n) is 13.5. The van der Waals surface area contributed by atoms with Crippen LogP contribution in [0.1, 0.15) is 59.8 Å². The molecule has 2 N–H and O–H groups in total. The Hall–Kier alpha value is -0.540. The molecule has 0 saturated heterocycles. The van der Waals surface area contributed by atoms with Gasteiger partial charge in [-0.3, -0.25) is 4.79 Å². The van der Waals surface area contributed by atoms with Gasteiger partial charge in [0.05, 0.1) is 6.10 Å². The van der Waals surface area contributed by atoms with E-state index in [4.69, 9.17) is 11.6 Å². The first kappa shape index (κ1) is 19.5. The van der Waals surface area contributed by atoms with Crippen molar-refractivity contribution in [2.75, 3.05) is 7.05 Å². The number of amides is 1. The first-order valence-electron chi connectivity index (χ1n) is 7.40. The first-order chi connectivity index (χ1) is 9.22. The monoisotopic (exact) mass is 303 g/mol. The van der Waals surface area contributed by atoms with E-state index in [1.54, 1.807) is 12.6 Å². The van der Waals surface area contributed by atoms with Crippen LogP contribution in [0.3, 0.4) is 0 Å². The second-order valence-electron chi connectivity index (χ2n) is 6.61. The van der Waals surface area contributed by atoms with E-state index < -0.39 is 0 Å². The minimum Gasteiger partial charge on any atom is -0.392 e. The second kappa shape index (κ2) is 9.41. The van der Waals surface area contributed by atoms with Gasteiger partial charge >= 0.3 is 0 Å². The van der Waals surface area contributed by atoms with Gasteiger partial charge in [-0.25, -0.2) is 0 Å². The van der Waals surface area contributed by atoms with E-state index in [0.29, 0.717) is 6.42 Å². The zero-order chi connectivity index (χ0) is 15.8. The summed E-state index contributed by atoms with van der Waals surface area (Å²) in [7, 11) is 1.67. The predicted molar refractivity (Wildman–Crippen MR) is 85.7 cm³/mol. The summed E-state index contributed by atoms with van der Waals surface area (Å²) in [6.07, 6.45) is 4.01. The van der Waals surface area contributed by atoms with Crippen molar-refractivity contribution in [1.29, 1.82) is 0 Å². The van der Waals surface area contributed by atoms with E-state index in [-0.39, 0.29) is 23.3 Å². The molecular formula is C16H30ClNO2. The highest BCUT2D eigenvalue weighted by Gasteiger charge is 2.22. The number of aliphatic hydroxyl groups is 1. The van der Waals surface area contributed by atoms with E-state index >= 15 is 0 Å². The van der Waals surface area contributed by atoms with Gasteiger partial charge in [0.1, 0.15) is 0 Å². The van der Waals surface area contributed by atoms with Gasteiger partial charge in [0.15, 0.2) is 0 Å². The molecule has 1 amide bonds. The maximum atomic E-state index is 11.4. The third-order valence-electron chi connectivity index (χ3n) is 3.69. The molecule has 4 heteroatoms. The van der Waals surface area contributed by atoms with Crippen molar-refractivity contribution in [3.8, 4) is 0 Å². The molecule has 118 valence electrons. The Labute approximate surface area is 128 Å². The molecule has 0 aromatic carbocycles. The molecule has 0 aromatic heterocycles. The molecule has 0 spiro atoms. The van der Waals surface area contributed by atoms with Gasteiger partial charge in [-0.15, -0.1) is 0 Å². The van der Waals surface area contributed by atoms with Gasteiger partial charge in [0.25, 0.3) is 0 Å². The van der Waals surface area contributed by atoms with E-state index in [0.717, 1.165) is 31.3 Å². The Morgan fingerprint density at radius 2 is 1.95 bits per heavy atom. The molecule has 0 saturated carbocycles. The van der Waals surface area contributed by atoms with Crippen LogP contribution in [-0.4, -0.2) is 24.2 Å². The smallest absolute Gasteiger partial charge is 0.222 e. The summed E-state index contributed by atoms with van der Waals surface area (Å²) in [5.74, 6) is 0.157. The minimum atomic E-state index is -0.378. The van der Waals surface area contributed by atoms with Crippen LogP contribution >= 0.6 is 11.6 Å². The van der Waals surface area contributed by atoms with Crippen molar-refractivity contribution < 1.29 is 9.90 Å². The molecule has 0 aliphatic rings. The van der Waals surface area contributed by atoms with Gasteiger partial charge in [-0.05, 0) is 31.1 Å². The van der Waals surface area contributed by atoms with E-state index in [2.05, 4.69) is 5.32 Å². The zero-order valence-corrected chi connectivity index (χ0v) is 14.3. The van der Waals surface area contributed by atoms with Crippen molar-refractivity contribution in [1.82, 2.24) is 5.32 Å². The largest absolute Gasteiger partial charge is 0.392 e. The lowest BCUT2D eigenvalue weighted by Gasteiger charge is -2.26. The molecule has 0 aliphatic carbocycles. The van der Waals surface area contributed by atoms with Crippen LogP contribution in [0.2, 0.25) is 0 Å². The van der Waals surface area contributed by atoms with Gasteiger partial charge in [0.2, 0.25) is 5.91 Å². The number of carbonyl (C=O) groups is 1. The average Bonchev–Trinajstić information content (AvgIpc) is 2.39. The van der Waals surface area contributed by atoms with Crippen LogP contribution in [0.25, 0.3) is 0 Å². The summed E-state index contributed by atoms with van der Waals surface area (Å²) in [6, 6.07) is 0. The molecule has 2 atom stereocenters. The lowest BCUT2D eigenvalue weighted by Crippen LogP contribution is -2.26. The van der Waals surface area contributed by atoms with E-state index in [9.17, 15) is 9.90 Å². The Kier molecular flexibility index (Phi) is 9.15. The number of rotatable bonds is 8. The number of unbranched alkanes of at least 4 members (excludes halogenated alkanes) is 1. The van der Waals surface area contributed by atoms with Gasteiger partial charge in [-0.2, -0.15) is 0 Å². The quantitative estimate of drug-likeness (QED) is 0.669. The van der Waals surface area contributed by atoms with Crippen molar-refractivity contribution in [2.45, 2.75) is 65.9 Å². The van der Waals surface area contributed by atoms with Crippen LogP contribution in [0.15, 0.2) is 11.1 Å². The fourth-order valence-electron chi connectivity index (χ4n) is 1.94. The molecule has 0 bridgehead atoms. The minimum absolute atomic E-state index is 0.0589. The fourth-order valence-corrected chi connectivity index (χ4v) is 2.13. The number of hydrogen-bond acceptors (Lipinski definition) is 2. The molecule has 0 rings (SSSR count). The molecule has 0 aromatic rings. The summed E-state index contributed by atoms with van der Waals surface area (Å²) in [5, 5.41) is 12.7. The molecule has 0 unspecified atom stereocenters. The molecular weight excluding hydrogens is 274 g/mol. The van der Waals surface area contributed by atoms with Crippen molar-refractivity contribution in [3.63, 3.8) is 0 Å². The number of nitrogens with one attached hydrogen (secondary N) is 1. The van der Waals surface area contributed by atoms with Gasteiger partial charge < -0.3 is 10.4 Å². The molecule has 3 nitrogen and oxygen atoms in total. The summed E-state index contributed by atoms with van der Waals surface area (Å²) < 4.78 is 0. The fraction of sp³-hybridized carbons (Fsp3) is 0.812. The topological polar surface area (TPSA) is 49.3 Å². The van der Waals surface area contributed by atoms with Crippen LogP contribution in [0.4, 0.5) is 0 Å². The summed E-state index contributed by atoms with van der Waals surface area (Å²) in [5.41, 5.74) is 2.55. The van der Waals surface area contributed by atoms with Crippen molar-refractivity contribution in [2.24, 2.45) is 11.3 Å². The van der Waals surface area contributed by atoms with Gasteiger partial charge in [-0.1, -0.05) is 51.3 Å². The third kappa shape index (κ3) is 7.91. The summed E-state index contributed by atoms with van der Waals surface area (Å²) >= 11 is 5.84. The van der Waals surface area contributed by atoms with Gasteiger partial charge in [0, 0.05) is 18.5 Å². The number of aliphatic hydroxyl groups excluding tert-OH is 1. The Bertz CT molecular complexity index is 321. The van der Waals surface area contributed by atoms with Crippen LogP contribution < -0.4 is 5.32 Å². The number of carbonyl (C=O) groups excluding carboxylic acids is 1. The standard InChI is InChI=1S/C16H30ClNO2/c1-12(15(20)18-5)8-6-7-9-13(11-17)10-14(19)16(2,3)4/h11-12,14,19H,6-10H2,1-5H3,(H,18,20)/b13-11+/t12-,14-/m0/s1. The third-order valence-corrected chi connectivity index (χ3v) is 4.00. The molecule has 0 radical (unpaired) electrons. The molecule has 0 aliphatic heterocycles. The van der Waals surface area contributed by atoms with E-state index in [1.165, 1.54) is 0 Å².